The quantitative estimate of drug-likeness (QED) is 0.635. The summed E-state index contributed by atoms with van der Waals surface area (Å²) >= 11 is 0. The molecule has 1 aliphatic heterocycles. The Kier molecular flexibility index (Phi) is 6.05. The number of likely N-dealkylation sites (tertiary alicyclic amines) is 1. The highest BCUT2D eigenvalue weighted by Crippen LogP contribution is 2.39. The monoisotopic (exact) mass is 373 g/mol. The van der Waals surface area contributed by atoms with Gasteiger partial charge in [-0.15, -0.1) is 0 Å². The molecule has 25 heavy (non-hydrogen) atoms. The van der Waals surface area contributed by atoms with Gasteiger partial charge in [0, 0.05) is 25.8 Å². The van der Waals surface area contributed by atoms with Crippen molar-refractivity contribution in [3.63, 3.8) is 0 Å². The summed E-state index contributed by atoms with van der Waals surface area (Å²) in [4.78, 5) is 14.1. The molecule has 0 bridgehead atoms. The highest BCUT2D eigenvalue weighted by Gasteiger charge is 2.47. The van der Waals surface area contributed by atoms with Crippen molar-refractivity contribution in [2.24, 2.45) is 5.73 Å². The van der Waals surface area contributed by atoms with Crippen LogP contribution in [0.25, 0.3) is 0 Å². The van der Waals surface area contributed by atoms with Crippen molar-refractivity contribution in [2.75, 3.05) is 34.9 Å². The number of amides is 1. The molecule has 0 radical (unpaired) electrons. The third kappa shape index (κ3) is 3.80. The van der Waals surface area contributed by atoms with Gasteiger partial charge in [-0.1, -0.05) is 0 Å². The lowest BCUT2D eigenvalue weighted by molar-refractivity contribution is -0.121. The molecule has 3 N–H and O–H groups in total. The molecule has 0 aromatic heterocycles. The summed E-state index contributed by atoms with van der Waals surface area (Å²) in [5, 5.41) is 0. The molecule has 1 fully saturated rings. The fraction of sp³-hybridized carbons (Fsp3) is 0.688. The average Bonchev–Trinajstić information content (AvgIpc) is 2.98. The summed E-state index contributed by atoms with van der Waals surface area (Å²) in [5.74, 6) is -0.732. The summed E-state index contributed by atoms with van der Waals surface area (Å²) in [7, 11) is 2.51. The molecule has 1 amide bonds. The van der Waals surface area contributed by atoms with Crippen molar-refractivity contribution >= 4 is 15.9 Å². The Balaban J connectivity index is 2.56. The van der Waals surface area contributed by atoms with Crippen LogP contribution in [0.4, 0.5) is 0 Å². The molecule has 0 spiro atoms. The van der Waals surface area contributed by atoms with E-state index in [1.807, 2.05) is 7.05 Å². The van der Waals surface area contributed by atoms with Gasteiger partial charge in [0.2, 0.25) is 15.9 Å². The molecule has 1 heterocycles. The molecule has 1 aliphatic carbocycles. The molecule has 2 aliphatic rings. The Bertz CT molecular complexity index is 688. The number of nitrogens with zero attached hydrogens (tertiary/aromatic N) is 1. The molecule has 0 aromatic carbocycles. The number of nitrogens with one attached hydrogen (secondary N) is 1. The Morgan fingerprint density at radius 3 is 2.60 bits per heavy atom. The molecule has 0 aromatic rings. The van der Waals surface area contributed by atoms with E-state index >= 15 is 0 Å². The first-order valence-corrected chi connectivity index (χ1v) is 9.65. The number of carbonyl (C=O) groups excluding carboxylic acids is 1. The van der Waals surface area contributed by atoms with E-state index in [0.717, 1.165) is 19.4 Å². The van der Waals surface area contributed by atoms with Gasteiger partial charge in [0.05, 0.1) is 4.91 Å². The zero-order chi connectivity index (χ0) is 18.8. The second-order valence-electron chi connectivity index (χ2n) is 6.47. The lowest BCUT2D eigenvalue weighted by atomic mass is 9.80. The minimum Gasteiger partial charge on any atom is -0.373 e. The van der Waals surface area contributed by atoms with Gasteiger partial charge in [0.15, 0.2) is 0 Å². The van der Waals surface area contributed by atoms with Crippen LogP contribution in [0.1, 0.15) is 19.3 Å². The predicted molar refractivity (Wildman–Crippen MR) is 94.1 cm³/mol. The van der Waals surface area contributed by atoms with E-state index in [4.69, 9.17) is 15.2 Å². The van der Waals surface area contributed by atoms with Crippen molar-refractivity contribution in [1.29, 1.82) is 0 Å². The Morgan fingerprint density at radius 1 is 1.48 bits per heavy atom. The molecule has 0 saturated carbocycles. The Hall–Kier alpha value is -1.26. The maximum absolute atomic E-state index is 12.3. The van der Waals surface area contributed by atoms with Gasteiger partial charge < -0.3 is 20.1 Å². The number of nitrogens with two attached hydrogens (primary N) is 1. The SMILES string of the molecule is CNS(=O)(=O)C1=CC(CC2CCCN2C)(OC)C(OC)C(C(N)=O)=C1. The van der Waals surface area contributed by atoms with Gasteiger partial charge >= 0.3 is 0 Å². The van der Waals surface area contributed by atoms with Crippen molar-refractivity contribution in [1.82, 2.24) is 9.62 Å². The van der Waals surface area contributed by atoms with Crippen molar-refractivity contribution in [3.8, 4) is 0 Å². The first-order valence-electron chi connectivity index (χ1n) is 8.16. The fourth-order valence-electron chi connectivity index (χ4n) is 3.67. The summed E-state index contributed by atoms with van der Waals surface area (Å²) < 4.78 is 38.3. The van der Waals surface area contributed by atoms with Gasteiger partial charge in [-0.25, -0.2) is 13.1 Å². The highest BCUT2D eigenvalue weighted by molar-refractivity contribution is 7.93. The lowest BCUT2D eigenvalue weighted by Gasteiger charge is -2.42. The number of primary amides is 1. The summed E-state index contributed by atoms with van der Waals surface area (Å²) in [6, 6.07) is 0.194. The van der Waals surface area contributed by atoms with Crippen LogP contribution in [-0.2, 0) is 24.3 Å². The van der Waals surface area contributed by atoms with Crippen molar-refractivity contribution < 1.29 is 22.7 Å². The molecule has 8 nitrogen and oxygen atoms in total. The standard InChI is InChI=1S/C16H27N3O5S/c1-18-25(21,22)12-8-13(15(17)20)14(23-3)16(10-12,24-4)9-11-6-5-7-19(11)2/h8,10-11,14,18H,5-7,9H2,1-4H3,(H2,17,20). The number of hydrogen-bond donors (Lipinski definition) is 2. The number of carbonyl (C=O) groups is 1. The molecule has 3 atom stereocenters. The van der Waals surface area contributed by atoms with Crippen molar-refractivity contribution in [3.05, 3.63) is 22.6 Å². The maximum atomic E-state index is 12.3. The van der Waals surface area contributed by atoms with E-state index in [1.165, 1.54) is 33.4 Å². The van der Waals surface area contributed by atoms with E-state index in [9.17, 15) is 13.2 Å². The fourth-order valence-corrected chi connectivity index (χ4v) is 4.54. The van der Waals surface area contributed by atoms with Crippen LogP contribution in [0.5, 0.6) is 0 Å². The zero-order valence-corrected chi connectivity index (χ0v) is 15.9. The first kappa shape index (κ1) is 20.1. The van der Waals surface area contributed by atoms with Crippen LogP contribution in [0.3, 0.4) is 0 Å². The number of methoxy groups -OCH3 is 2. The number of rotatable bonds is 7. The Labute approximate surface area is 149 Å². The van der Waals surface area contributed by atoms with Crippen LogP contribution in [0.15, 0.2) is 22.6 Å². The summed E-state index contributed by atoms with van der Waals surface area (Å²) in [6.07, 6.45) is 4.54. The molecular weight excluding hydrogens is 346 g/mol. The van der Waals surface area contributed by atoms with Gasteiger partial charge in [-0.2, -0.15) is 0 Å². The molecule has 9 heteroatoms. The smallest absolute Gasteiger partial charge is 0.247 e. The molecular formula is C16H27N3O5S. The number of allylic oxidation sites excluding steroid dienone is 1. The largest absolute Gasteiger partial charge is 0.373 e. The molecule has 3 unspecified atom stereocenters. The Morgan fingerprint density at radius 2 is 2.16 bits per heavy atom. The van der Waals surface area contributed by atoms with E-state index < -0.39 is 27.6 Å². The highest BCUT2D eigenvalue weighted by atomic mass is 32.2. The molecule has 1 saturated heterocycles. The summed E-state index contributed by atoms with van der Waals surface area (Å²) in [5.41, 5.74) is 4.48. The van der Waals surface area contributed by atoms with Crippen LogP contribution in [-0.4, -0.2) is 71.8 Å². The van der Waals surface area contributed by atoms with E-state index in [-0.39, 0.29) is 16.5 Å². The number of ether oxygens (including phenoxy) is 2. The maximum Gasteiger partial charge on any atom is 0.247 e. The van der Waals surface area contributed by atoms with Crippen LogP contribution in [0.2, 0.25) is 0 Å². The minimum atomic E-state index is -3.77. The third-order valence-corrected chi connectivity index (χ3v) is 6.51. The van der Waals surface area contributed by atoms with Gasteiger partial charge in [0.1, 0.15) is 11.7 Å². The molecule has 2 rings (SSSR count). The van der Waals surface area contributed by atoms with E-state index in [1.54, 1.807) is 0 Å². The van der Waals surface area contributed by atoms with E-state index in [0.29, 0.717) is 6.42 Å². The predicted octanol–water partition coefficient (Wildman–Crippen LogP) is -0.271. The van der Waals surface area contributed by atoms with E-state index in [2.05, 4.69) is 9.62 Å². The second kappa shape index (κ2) is 7.55. The van der Waals surface area contributed by atoms with Gasteiger partial charge in [-0.3, -0.25) is 4.79 Å². The topological polar surface area (TPSA) is 111 Å². The van der Waals surface area contributed by atoms with Crippen LogP contribution >= 0.6 is 0 Å². The minimum absolute atomic E-state index is 0.0420. The normalized spacial score (nSPS) is 30.9. The van der Waals surface area contributed by atoms with Crippen LogP contribution in [0, 0.1) is 0 Å². The second-order valence-corrected chi connectivity index (χ2v) is 8.36. The summed E-state index contributed by atoms with van der Waals surface area (Å²) in [6.45, 7) is 0.964. The number of sulfonamides is 1. The first-order chi connectivity index (χ1) is 11.7. The number of hydrogen-bond acceptors (Lipinski definition) is 6. The molecule has 142 valence electrons. The zero-order valence-electron chi connectivity index (χ0n) is 15.1. The average molecular weight is 373 g/mol. The van der Waals surface area contributed by atoms with Gasteiger partial charge in [0.25, 0.3) is 0 Å². The van der Waals surface area contributed by atoms with Crippen LogP contribution < -0.4 is 10.5 Å². The van der Waals surface area contributed by atoms with Crippen molar-refractivity contribution in [2.45, 2.75) is 37.0 Å². The third-order valence-electron chi connectivity index (χ3n) is 5.12. The lowest BCUT2D eigenvalue weighted by Crippen LogP contribution is -2.52. The van der Waals surface area contributed by atoms with Gasteiger partial charge in [-0.05, 0) is 52.1 Å².